The molecule has 1 aromatic rings. The summed E-state index contributed by atoms with van der Waals surface area (Å²) in [5.74, 6) is 0.494. The van der Waals surface area contributed by atoms with Crippen LogP contribution < -0.4 is 4.74 Å². The second-order valence-corrected chi connectivity index (χ2v) is 4.39. The van der Waals surface area contributed by atoms with E-state index in [2.05, 4.69) is 20.7 Å². The quantitative estimate of drug-likeness (QED) is 0.617. The Morgan fingerprint density at radius 2 is 2.25 bits per heavy atom. The van der Waals surface area contributed by atoms with Gasteiger partial charge in [-0.3, -0.25) is 4.79 Å². The van der Waals surface area contributed by atoms with Gasteiger partial charge in [0.25, 0.3) is 0 Å². The van der Waals surface area contributed by atoms with Crippen molar-refractivity contribution in [2.45, 2.75) is 12.8 Å². The molecule has 1 aromatic carbocycles. The summed E-state index contributed by atoms with van der Waals surface area (Å²) in [6.07, 6.45) is 0.990. The fraction of sp³-hybridized carbons (Fsp3) is 0.364. The van der Waals surface area contributed by atoms with Crippen molar-refractivity contribution in [2.75, 3.05) is 13.7 Å². The number of benzene rings is 1. The molecule has 0 saturated carbocycles. The fourth-order valence-electron chi connectivity index (χ4n) is 1.09. The molecule has 0 unspecified atom stereocenters. The molecule has 0 bridgehead atoms. The molecule has 88 valence electrons. The van der Waals surface area contributed by atoms with E-state index in [4.69, 9.17) is 16.3 Å². The molecule has 0 N–H and O–H groups in total. The molecule has 0 aliphatic carbocycles. The summed E-state index contributed by atoms with van der Waals surface area (Å²) >= 11 is 9.13. The average Bonchev–Trinajstić information content (AvgIpc) is 2.26. The summed E-state index contributed by atoms with van der Waals surface area (Å²) in [6, 6.07) is 5.30. The molecule has 3 nitrogen and oxygen atoms in total. The first-order valence-corrected chi connectivity index (χ1v) is 5.95. The lowest BCUT2D eigenvalue weighted by Gasteiger charge is -2.07. The summed E-state index contributed by atoms with van der Waals surface area (Å²) in [5, 5.41) is 0.647. The van der Waals surface area contributed by atoms with Crippen molar-refractivity contribution in [3.63, 3.8) is 0 Å². The largest absolute Gasteiger partial charge is 0.492 e. The first-order valence-electron chi connectivity index (χ1n) is 4.78. The molecule has 16 heavy (non-hydrogen) atoms. The number of hydrogen-bond acceptors (Lipinski definition) is 3. The van der Waals surface area contributed by atoms with Crippen molar-refractivity contribution < 1.29 is 14.3 Å². The Hall–Kier alpha value is -0.740. The SMILES string of the molecule is COC(=O)CCCOc1ccc(Cl)cc1Br. The van der Waals surface area contributed by atoms with E-state index in [0.29, 0.717) is 30.2 Å². The number of esters is 1. The smallest absolute Gasteiger partial charge is 0.305 e. The number of carbonyl (C=O) groups excluding carboxylic acids is 1. The highest BCUT2D eigenvalue weighted by atomic mass is 79.9. The molecule has 0 aliphatic heterocycles. The molecule has 0 aromatic heterocycles. The van der Waals surface area contributed by atoms with Crippen molar-refractivity contribution >= 4 is 33.5 Å². The van der Waals surface area contributed by atoms with Gasteiger partial charge in [-0.15, -0.1) is 0 Å². The minimum atomic E-state index is -0.223. The van der Waals surface area contributed by atoms with Gasteiger partial charge in [0.1, 0.15) is 5.75 Å². The second-order valence-electron chi connectivity index (χ2n) is 3.10. The summed E-state index contributed by atoms with van der Waals surface area (Å²) in [7, 11) is 1.37. The number of hydrogen-bond donors (Lipinski definition) is 0. The molecule has 1 rings (SSSR count). The van der Waals surface area contributed by atoms with Crippen LogP contribution in [0.4, 0.5) is 0 Å². The minimum absolute atomic E-state index is 0.223. The molecule has 0 spiro atoms. The first-order chi connectivity index (χ1) is 7.63. The van der Waals surface area contributed by atoms with Crippen LogP contribution in [0.25, 0.3) is 0 Å². The Morgan fingerprint density at radius 1 is 1.50 bits per heavy atom. The van der Waals surface area contributed by atoms with Gasteiger partial charge in [0, 0.05) is 11.4 Å². The van der Waals surface area contributed by atoms with Gasteiger partial charge in [0.2, 0.25) is 0 Å². The molecule has 0 fully saturated rings. The molecule has 0 amide bonds. The number of methoxy groups -OCH3 is 1. The van der Waals surface area contributed by atoms with Crippen LogP contribution in [-0.4, -0.2) is 19.7 Å². The Balaban J connectivity index is 2.35. The van der Waals surface area contributed by atoms with E-state index in [1.807, 2.05) is 0 Å². The van der Waals surface area contributed by atoms with E-state index in [-0.39, 0.29) is 5.97 Å². The molecule has 0 saturated heterocycles. The topological polar surface area (TPSA) is 35.5 Å². The van der Waals surface area contributed by atoms with Crippen LogP contribution >= 0.6 is 27.5 Å². The predicted molar refractivity (Wildman–Crippen MR) is 65.9 cm³/mol. The van der Waals surface area contributed by atoms with Gasteiger partial charge < -0.3 is 9.47 Å². The lowest BCUT2D eigenvalue weighted by Crippen LogP contribution is -2.04. The number of halogens is 2. The van der Waals surface area contributed by atoms with Gasteiger partial charge >= 0.3 is 5.97 Å². The molecule has 0 radical (unpaired) electrons. The van der Waals surface area contributed by atoms with Crippen molar-refractivity contribution in [2.24, 2.45) is 0 Å². The maximum absolute atomic E-state index is 10.8. The van der Waals surface area contributed by atoms with Crippen molar-refractivity contribution in [1.29, 1.82) is 0 Å². The normalized spacial score (nSPS) is 9.94. The summed E-state index contributed by atoms with van der Waals surface area (Å²) < 4.78 is 10.8. The van der Waals surface area contributed by atoms with Crippen LogP contribution in [-0.2, 0) is 9.53 Å². The monoisotopic (exact) mass is 306 g/mol. The summed E-state index contributed by atoms with van der Waals surface area (Å²) in [5.41, 5.74) is 0. The zero-order valence-electron chi connectivity index (χ0n) is 8.83. The van der Waals surface area contributed by atoms with Gasteiger partial charge in [0.15, 0.2) is 0 Å². The van der Waals surface area contributed by atoms with Gasteiger partial charge in [-0.2, -0.15) is 0 Å². The van der Waals surface area contributed by atoms with Crippen molar-refractivity contribution in [3.8, 4) is 5.75 Å². The van der Waals surface area contributed by atoms with Gasteiger partial charge in [0.05, 0.1) is 18.2 Å². The van der Waals surface area contributed by atoms with Crippen LogP contribution in [0.5, 0.6) is 5.75 Å². The lowest BCUT2D eigenvalue weighted by atomic mass is 10.3. The van der Waals surface area contributed by atoms with Crippen LogP contribution in [0.15, 0.2) is 22.7 Å². The van der Waals surface area contributed by atoms with E-state index in [0.717, 1.165) is 4.47 Å². The van der Waals surface area contributed by atoms with Crippen LogP contribution in [0, 0.1) is 0 Å². The number of ether oxygens (including phenoxy) is 2. The first kappa shape index (κ1) is 13.3. The lowest BCUT2D eigenvalue weighted by molar-refractivity contribution is -0.140. The molecular formula is C11H12BrClO3. The summed E-state index contributed by atoms with van der Waals surface area (Å²) in [4.78, 5) is 10.8. The molecular weight excluding hydrogens is 295 g/mol. The Bertz CT molecular complexity index is 368. The predicted octanol–water partition coefficient (Wildman–Crippen LogP) is 3.43. The molecule has 0 aliphatic rings. The van der Waals surface area contributed by atoms with Crippen molar-refractivity contribution in [1.82, 2.24) is 0 Å². The van der Waals surface area contributed by atoms with E-state index < -0.39 is 0 Å². The van der Waals surface area contributed by atoms with E-state index in [1.165, 1.54) is 7.11 Å². The molecule has 0 atom stereocenters. The third kappa shape index (κ3) is 4.41. The van der Waals surface area contributed by atoms with E-state index in [9.17, 15) is 4.79 Å². The fourth-order valence-corrected chi connectivity index (χ4v) is 1.89. The van der Waals surface area contributed by atoms with E-state index >= 15 is 0 Å². The van der Waals surface area contributed by atoms with Crippen LogP contribution in [0.3, 0.4) is 0 Å². The maximum Gasteiger partial charge on any atom is 0.305 e. The minimum Gasteiger partial charge on any atom is -0.492 e. The van der Waals surface area contributed by atoms with Gasteiger partial charge in [-0.05, 0) is 40.5 Å². The van der Waals surface area contributed by atoms with Crippen molar-refractivity contribution in [3.05, 3.63) is 27.7 Å². The van der Waals surface area contributed by atoms with Gasteiger partial charge in [-0.1, -0.05) is 11.6 Å². The Kier molecular flexibility index (Phi) is 5.63. The average molecular weight is 308 g/mol. The molecule has 5 heteroatoms. The highest BCUT2D eigenvalue weighted by molar-refractivity contribution is 9.10. The van der Waals surface area contributed by atoms with Crippen LogP contribution in [0.2, 0.25) is 5.02 Å². The second kappa shape index (κ2) is 6.76. The Morgan fingerprint density at radius 3 is 2.88 bits per heavy atom. The third-order valence-corrected chi connectivity index (χ3v) is 2.76. The van der Waals surface area contributed by atoms with Gasteiger partial charge in [-0.25, -0.2) is 0 Å². The van der Waals surface area contributed by atoms with Crippen LogP contribution in [0.1, 0.15) is 12.8 Å². The standard InChI is InChI=1S/C11H12BrClO3/c1-15-11(14)3-2-6-16-10-5-4-8(13)7-9(10)12/h4-5,7H,2-3,6H2,1H3. The number of rotatable bonds is 5. The highest BCUT2D eigenvalue weighted by Gasteiger charge is 2.03. The number of carbonyl (C=O) groups is 1. The third-order valence-electron chi connectivity index (χ3n) is 1.90. The molecule has 0 heterocycles. The zero-order valence-corrected chi connectivity index (χ0v) is 11.2. The highest BCUT2D eigenvalue weighted by Crippen LogP contribution is 2.27. The van der Waals surface area contributed by atoms with E-state index in [1.54, 1.807) is 18.2 Å². The zero-order chi connectivity index (χ0) is 12.0. The maximum atomic E-state index is 10.8. The summed E-state index contributed by atoms with van der Waals surface area (Å²) in [6.45, 7) is 0.468. The Labute approximate surface area is 108 Å².